The molecule has 2 aromatic rings. The van der Waals surface area contributed by atoms with E-state index < -0.39 is 0 Å². The van der Waals surface area contributed by atoms with Crippen LogP contribution in [0.5, 0.6) is 11.6 Å². The summed E-state index contributed by atoms with van der Waals surface area (Å²) >= 11 is 0. The summed E-state index contributed by atoms with van der Waals surface area (Å²) in [5.74, 6) is 1.76. The number of rotatable bonds is 7. The Morgan fingerprint density at radius 1 is 1.15 bits per heavy atom. The average Bonchev–Trinajstić information content (AvgIpc) is 2.68. The van der Waals surface area contributed by atoms with Gasteiger partial charge in [0.15, 0.2) is 5.75 Å². The smallest absolute Gasteiger partial charge is 0.259 e. The second kappa shape index (κ2) is 9.04. The van der Waals surface area contributed by atoms with Crippen molar-refractivity contribution in [3.63, 3.8) is 0 Å². The molecule has 1 aliphatic rings. The number of ether oxygens (including phenoxy) is 2. The van der Waals surface area contributed by atoms with Crippen molar-refractivity contribution < 1.29 is 13.9 Å². The van der Waals surface area contributed by atoms with Crippen LogP contribution in [0.3, 0.4) is 0 Å². The summed E-state index contributed by atoms with van der Waals surface area (Å²) in [5.41, 5.74) is 1.05. The highest BCUT2D eigenvalue weighted by Crippen LogP contribution is 2.31. The summed E-state index contributed by atoms with van der Waals surface area (Å²) in [5, 5.41) is 3.41. The maximum Gasteiger partial charge on any atom is 0.259 e. The van der Waals surface area contributed by atoms with Crippen molar-refractivity contribution in [1.29, 1.82) is 0 Å². The standard InChI is InChI=1S/C21H28FN3O2/c1-15(2)27-21-19(26-3)8-9-20(24-21)25(18-10-12-23-13-11-18)14-16-4-6-17(22)7-5-16/h4-9,15,18,23H,10-14H2,1-3H3. The summed E-state index contributed by atoms with van der Waals surface area (Å²) in [6.45, 7) is 6.57. The molecule has 0 amide bonds. The van der Waals surface area contributed by atoms with Gasteiger partial charge in [0.2, 0.25) is 0 Å². The molecule has 1 aliphatic heterocycles. The van der Waals surface area contributed by atoms with Gasteiger partial charge in [0.05, 0.1) is 13.2 Å². The fourth-order valence-corrected chi connectivity index (χ4v) is 3.34. The Labute approximate surface area is 160 Å². The maximum absolute atomic E-state index is 13.3. The van der Waals surface area contributed by atoms with Crippen LogP contribution in [0.1, 0.15) is 32.3 Å². The van der Waals surface area contributed by atoms with Crippen molar-refractivity contribution in [1.82, 2.24) is 10.3 Å². The number of piperidine rings is 1. The van der Waals surface area contributed by atoms with Gasteiger partial charge in [-0.05, 0) is 69.6 Å². The molecule has 1 aromatic carbocycles. The van der Waals surface area contributed by atoms with Crippen LogP contribution in [0.2, 0.25) is 0 Å². The number of nitrogens with zero attached hydrogens (tertiary/aromatic N) is 2. The van der Waals surface area contributed by atoms with E-state index in [0.717, 1.165) is 37.3 Å². The second-order valence-electron chi connectivity index (χ2n) is 7.08. The summed E-state index contributed by atoms with van der Waals surface area (Å²) < 4.78 is 24.6. The zero-order valence-electron chi connectivity index (χ0n) is 16.2. The number of hydrogen-bond donors (Lipinski definition) is 1. The lowest BCUT2D eigenvalue weighted by atomic mass is 10.0. The Balaban J connectivity index is 1.92. The Morgan fingerprint density at radius 3 is 2.48 bits per heavy atom. The van der Waals surface area contributed by atoms with E-state index in [1.807, 2.05) is 38.1 Å². The largest absolute Gasteiger partial charge is 0.491 e. The SMILES string of the molecule is COc1ccc(N(Cc2ccc(F)cc2)C2CCNCC2)nc1OC(C)C. The third-order valence-electron chi connectivity index (χ3n) is 4.69. The minimum atomic E-state index is -0.220. The third-order valence-corrected chi connectivity index (χ3v) is 4.69. The van der Waals surface area contributed by atoms with Crippen molar-refractivity contribution in [3.8, 4) is 11.6 Å². The lowest BCUT2D eigenvalue weighted by molar-refractivity contribution is 0.220. The van der Waals surface area contributed by atoms with E-state index in [4.69, 9.17) is 14.5 Å². The molecule has 6 heteroatoms. The van der Waals surface area contributed by atoms with Crippen LogP contribution in [0, 0.1) is 5.82 Å². The van der Waals surface area contributed by atoms with Gasteiger partial charge in [-0.1, -0.05) is 12.1 Å². The highest BCUT2D eigenvalue weighted by molar-refractivity contribution is 5.48. The van der Waals surface area contributed by atoms with Crippen LogP contribution in [0.25, 0.3) is 0 Å². The molecule has 1 N–H and O–H groups in total. The molecule has 1 aromatic heterocycles. The van der Waals surface area contributed by atoms with Crippen LogP contribution in [0.15, 0.2) is 36.4 Å². The van der Waals surface area contributed by atoms with E-state index in [1.54, 1.807) is 7.11 Å². The Kier molecular flexibility index (Phi) is 6.50. The maximum atomic E-state index is 13.3. The van der Waals surface area contributed by atoms with Crippen LogP contribution in [0.4, 0.5) is 10.2 Å². The van der Waals surface area contributed by atoms with Gasteiger partial charge in [-0.2, -0.15) is 4.98 Å². The number of halogens is 1. The van der Waals surface area contributed by atoms with Crippen LogP contribution in [-0.2, 0) is 6.54 Å². The van der Waals surface area contributed by atoms with Crippen LogP contribution < -0.4 is 19.7 Å². The number of benzene rings is 1. The lowest BCUT2D eigenvalue weighted by Gasteiger charge is -2.36. The van der Waals surface area contributed by atoms with E-state index in [2.05, 4.69) is 10.2 Å². The highest BCUT2D eigenvalue weighted by atomic mass is 19.1. The summed E-state index contributed by atoms with van der Waals surface area (Å²) in [6, 6.07) is 10.9. The van der Waals surface area contributed by atoms with E-state index in [1.165, 1.54) is 12.1 Å². The molecule has 2 heterocycles. The van der Waals surface area contributed by atoms with Crippen LogP contribution in [-0.4, -0.2) is 37.3 Å². The van der Waals surface area contributed by atoms with E-state index in [-0.39, 0.29) is 11.9 Å². The monoisotopic (exact) mass is 373 g/mol. The quantitative estimate of drug-likeness (QED) is 0.800. The Bertz CT molecular complexity index is 731. The zero-order chi connectivity index (χ0) is 19.2. The van der Waals surface area contributed by atoms with Gasteiger partial charge in [0, 0.05) is 12.6 Å². The Hall–Kier alpha value is -2.34. The summed E-state index contributed by atoms with van der Waals surface area (Å²) in [7, 11) is 1.62. The molecule has 1 fully saturated rings. The molecule has 0 atom stereocenters. The van der Waals surface area contributed by atoms with Gasteiger partial charge in [-0.15, -0.1) is 0 Å². The van der Waals surface area contributed by atoms with Gasteiger partial charge in [0.25, 0.3) is 5.88 Å². The molecule has 27 heavy (non-hydrogen) atoms. The molecule has 0 radical (unpaired) electrons. The first-order valence-corrected chi connectivity index (χ1v) is 9.50. The van der Waals surface area contributed by atoms with Crippen molar-refractivity contribution in [3.05, 3.63) is 47.8 Å². The minimum Gasteiger partial charge on any atom is -0.491 e. The van der Waals surface area contributed by atoms with Crippen molar-refractivity contribution in [2.75, 3.05) is 25.1 Å². The normalized spacial score (nSPS) is 15.0. The number of hydrogen-bond acceptors (Lipinski definition) is 5. The van der Waals surface area contributed by atoms with E-state index in [9.17, 15) is 4.39 Å². The first-order chi connectivity index (χ1) is 13.1. The number of aromatic nitrogens is 1. The first-order valence-electron chi connectivity index (χ1n) is 9.50. The van der Waals surface area contributed by atoms with Crippen LogP contribution >= 0.6 is 0 Å². The molecule has 5 nitrogen and oxygen atoms in total. The molecule has 0 saturated carbocycles. The molecule has 0 bridgehead atoms. The fraction of sp³-hybridized carbons (Fsp3) is 0.476. The van der Waals surface area contributed by atoms with Gasteiger partial charge in [-0.25, -0.2) is 4.39 Å². The van der Waals surface area contributed by atoms with Crippen molar-refractivity contribution in [2.45, 2.75) is 45.4 Å². The number of anilines is 1. The van der Waals surface area contributed by atoms with Gasteiger partial charge >= 0.3 is 0 Å². The van der Waals surface area contributed by atoms with E-state index in [0.29, 0.717) is 24.2 Å². The summed E-state index contributed by atoms with van der Waals surface area (Å²) in [6.07, 6.45) is 2.08. The van der Waals surface area contributed by atoms with Crippen molar-refractivity contribution in [2.24, 2.45) is 0 Å². The molecular formula is C21H28FN3O2. The van der Waals surface area contributed by atoms with Crippen molar-refractivity contribution >= 4 is 5.82 Å². The molecule has 0 aliphatic carbocycles. The molecule has 1 saturated heterocycles. The predicted octanol–water partition coefficient (Wildman–Crippen LogP) is 3.78. The topological polar surface area (TPSA) is 46.6 Å². The minimum absolute atomic E-state index is 0.00563. The fourth-order valence-electron chi connectivity index (χ4n) is 3.34. The number of nitrogens with one attached hydrogen (secondary N) is 1. The Morgan fingerprint density at radius 2 is 1.85 bits per heavy atom. The second-order valence-corrected chi connectivity index (χ2v) is 7.08. The lowest BCUT2D eigenvalue weighted by Crippen LogP contribution is -2.43. The molecule has 0 spiro atoms. The van der Waals surface area contributed by atoms with Gasteiger partial charge < -0.3 is 19.7 Å². The number of methoxy groups -OCH3 is 1. The van der Waals surface area contributed by atoms with E-state index >= 15 is 0 Å². The molecule has 3 rings (SSSR count). The molecular weight excluding hydrogens is 345 g/mol. The third kappa shape index (κ3) is 5.10. The molecule has 146 valence electrons. The zero-order valence-corrected chi connectivity index (χ0v) is 16.2. The summed E-state index contributed by atoms with van der Waals surface area (Å²) in [4.78, 5) is 7.05. The number of pyridine rings is 1. The van der Waals surface area contributed by atoms with Gasteiger partial charge in [0.1, 0.15) is 11.6 Å². The molecule has 0 unspecified atom stereocenters. The predicted molar refractivity (Wildman–Crippen MR) is 105 cm³/mol. The van der Waals surface area contributed by atoms with Gasteiger partial charge in [-0.3, -0.25) is 0 Å². The average molecular weight is 373 g/mol. The highest BCUT2D eigenvalue weighted by Gasteiger charge is 2.24. The first kappa shape index (κ1) is 19.4.